The average Bonchev–Trinajstić information content (AvgIpc) is 3.06. The lowest BCUT2D eigenvalue weighted by Gasteiger charge is -2.11. The van der Waals surface area contributed by atoms with Crippen molar-refractivity contribution in [2.45, 2.75) is 13.5 Å². The highest BCUT2D eigenvalue weighted by Crippen LogP contribution is 2.31. The highest BCUT2D eigenvalue weighted by atomic mass is 16.5. The molecule has 134 valence electrons. The van der Waals surface area contributed by atoms with E-state index in [1.807, 2.05) is 30.3 Å². The summed E-state index contributed by atoms with van der Waals surface area (Å²) in [5.41, 5.74) is 1.72. The number of hydrogen-bond donors (Lipinski definition) is 0. The van der Waals surface area contributed by atoms with E-state index in [0.717, 1.165) is 5.56 Å². The second kappa shape index (κ2) is 7.74. The molecule has 1 heterocycles. The first-order chi connectivity index (χ1) is 12.6. The number of methoxy groups -OCH3 is 2. The van der Waals surface area contributed by atoms with Crippen molar-refractivity contribution in [1.29, 1.82) is 0 Å². The van der Waals surface area contributed by atoms with Crippen molar-refractivity contribution >= 4 is 5.97 Å². The summed E-state index contributed by atoms with van der Waals surface area (Å²) in [6.07, 6.45) is 0. The fraction of sp³-hybridized carbons (Fsp3) is 0.200. The third kappa shape index (κ3) is 3.54. The fourth-order valence-electron chi connectivity index (χ4n) is 2.53. The van der Waals surface area contributed by atoms with Gasteiger partial charge in [0.1, 0.15) is 23.6 Å². The van der Waals surface area contributed by atoms with Crippen LogP contribution in [-0.2, 0) is 11.3 Å². The molecule has 3 aromatic rings. The van der Waals surface area contributed by atoms with Gasteiger partial charge in [-0.3, -0.25) is 0 Å². The molecule has 0 saturated carbocycles. The number of rotatable bonds is 6. The van der Waals surface area contributed by atoms with Gasteiger partial charge in [0.25, 0.3) is 0 Å². The van der Waals surface area contributed by atoms with E-state index in [0.29, 0.717) is 28.8 Å². The number of carbonyl (C=O) groups excluding carboxylic acids is 1. The van der Waals surface area contributed by atoms with Crippen molar-refractivity contribution in [3.8, 4) is 23.0 Å². The van der Waals surface area contributed by atoms with Gasteiger partial charge in [0.15, 0.2) is 11.5 Å². The molecule has 26 heavy (non-hydrogen) atoms. The van der Waals surface area contributed by atoms with E-state index in [1.54, 1.807) is 25.1 Å². The minimum absolute atomic E-state index is 0.00135. The number of aromatic nitrogens is 1. The van der Waals surface area contributed by atoms with Gasteiger partial charge in [-0.05, 0) is 31.2 Å². The molecule has 6 nitrogen and oxygen atoms in total. The summed E-state index contributed by atoms with van der Waals surface area (Å²) in [7, 11) is 2.99. The number of para-hydroxylation sites is 1. The summed E-state index contributed by atoms with van der Waals surface area (Å²) in [6.45, 7) is 1.79. The quantitative estimate of drug-likeness (QED) is 0.623. The first-order valence-corrected chi connectivity index (χ1v) is 8.04. The zero-order chi connectivity index (χ0) is 18.5. The van der Waals surface area contributed by atoms with Crippen LogP contribution in [0.1, 0.15) is 21.8 Å². The maximum absolute atomic E-state index is 12.4. The molecule has 3 rings (SSSR count). The van der Waals surface area contributed by atoms with Gasteiger partial charge in [-0.15, -0.1) is 0 Å². The van der Waals surface area contributed by atoms with E-state index in [1.165, 1.54) is 14.2 Å². The van der Waals surface area contributed by atoms with Crippen LogP contribution in [-0.4, -0.2) is 25.2 Å². The molecule has 0 amide bonds. The smallest absolute Gasteiger partial charge is 0.342 e. The lowest BCUT2D eigenvalue weighted by molar-refractivity contribution is 0.0462. The average molecular weight is 353 g/mol. The first kappa shape index (κ1) is 17.5. The Bertz CT molecular complexity index is 902. The van der Waals surface area contributed by atoms with Crippen molar-refractivity contribution in [1.82, 2.24) is 4.98 Å². The summed E-state index contributed by atoms with van der Waals surface area (Å²) in [5, 5.41) is 0. The maximum Gasteiger partial charge on any atom is 0.342 e. The highest BCUT2D eigenvalue weighted by molar-refractivity contribution is 5.93. The van der Waals surface area contributed by atoms with Crippen LogP contribution in [0.4, 0.5) is 0 Å². The monoisotopic (exact) mass is 353 g/mol. The molecule has 0 atom stereocenters. The number of esters is 1. The van der Waals surface area contributed by atoms with Gasteiger partial charge in [0.2, 0.25) is 5.89 Å². The summed E-state index contributed by atoms with van der Waals surface area (Å²) >= 11 is 0. The van der Waals surface area contributed by atoms with Crippen LogP contribution in [0.25, 0.3) is 11.5 Å². The molecular weight excluding hydrogens is 334 g/mol. The topological polar surface area (TPSA) is 70.8 Å². The fourth-order valence-corrected chi connectivity index (χ4v) is 2.53. The minimum Gasteiger partial charge on any atom is -0.493 e. The van der Waals surface area contributed by atoms with E-state index in [-0.39, 0.29) is 12.2 Å². The Morgan fingerprint density at radius 2 is 1.81 bits per heavy atom. The van der Waals surface area contributed by atoms with E-state index in [9.17, 15) is 4.79 Å². The Balaban J connectivity index is 1.76. The van der Waals surface area contributed by atoms with Crippen LogP contribution in [0, 0.1) is 6.92 Å². The predicted molar refractivity (Wildman–Crippen MR) is 95.3 cm³/mol. The van der Waals surface area contributed by atoms with Gasteiger partial charge in [-0.25, -0.2) is 9.78 Å². The van der Waals surface area contributed by atoms with E-state index in [2.05, 4.69) is 4.98 Å². The molecule has 0 aliphatic carbocycles. The number of oxazole rings is 1. The second-order valence-electron chi connectivity index (χ2n) is 5.51. The van der Waals surface area contributed by atoms with Crippen molar-refractivity contribution in [3.05, 3.63) is 65.5 Å². The van der Waals surface area contributed by atoms with Crippen molar-refractivity contribution in [3.63, 3.8) is 0 Å². The molecule has 0 saturated heterocycles. The van der Waals surface area contributed by atoms with E-state index >= 15 is 0 Å². The number of hydrogen-bond acceptors (Lipinski definition) is 6. The van der Waals surface area contributed by atoms with Crippen LogP contribution in [0.2, 0.25) is 0 Å². The highest BCUT2D eigenvalue weighted by Gasteiger charge is 2.19. The third-order valence-corrected chi connectivity index (χ3v) is 3.88. The van der Waals surface area contributed by atoms with Crippen molar-refractivity contribution in [2.75, 3.05) is 14.2 Å². The van der Waals surface area contributed by atoms with Crippen LogP contribution < -0.4 is 9.47 Å². The molecule has 0 N–H and O–H groups in total. The second-order valence-corrected chi connectivity index (χ2v) is 5.51. The Labute approximate surface area is 151 Å². The lowest BCUT2D eigenvalue weighted by atomic mass is 10.2. The van der Waals surface area contributed by atoms with E-state index < -0.39 is 5.97 Å². The molecule has 0 bridgehead atoms. The standard InChI is InChI=1S/C20H19NO5/c1-13-16(21-19(26-13)14-8-5-4-6-9-14)12-25-20(22)15-10-7-11-17(23-2)18(15)24-3/h4-11H,12H2,1-3H3. The number of carbonyl (C=O) groups is 1. The molecular formula is C20H19NO5. The van der Waals surface area contributed by atoms with Crippen LogP contribution >= 0.6 is 0 Å². The molecule has 0 unspecified atom stereocenters. The maximum atomic E-state index is 12.4. The summed E-state index contributed by atoms with van der Waals surface area (Å²) in [5.74, 6) is 1.37. The minimum atomic E-state index is -0.524. The molecule has 0 fully saturated rings. The molecule has 0 radical (unpaired) electrons. The number of ether oxygens (including phenoxy) is 3. The summed E-state index contributed by atoms with van der Waals surface area (Å²) in [4.78, 5) is 16.9. The number of benzene rings is 2. The Hall–Kier alpha value is -3.28. The van der Waals surface area contributed by atoms with Crippen LogP contribution in [0.15, 0.2) is 52.9 Å². The van der Waals surface area contributed by atoms with Gasteiger partial charge in [0, 0.05) is 5.56 Å². The van der Waals surface area contributed by atoms with Gasteiger partial charge in [-0.2, -0.15) is 0 Å². The third-order valence-electron chi connectivity index (χ3n) is 3.88. The molecule has 6 heteroatoms. The zero-order valence-corrected chi connectivity index (χ0v) is 14.8. The SMILES string of the molecule is COc1cccc(C(=O)OCc2nc(-c3ccccc3)oc2C)c1OC. The Kier molecular flexibility index (Phi) is 5.22. The lowest BCUT2D eigenvalue weighted by Crippen LogP contribution is -2.08. The van der Waals surface area contributed by atoms with Gasteiger partial charge in [-0.1, -0.05) is 24.3 Å². The summed E-state index contributed by atoms with van der Waals surface area (Å²) in [6, 6.07) is 14.6. The van der Waals surface area contributed by atoms with Crippen molar-refractivity contribution in [2.24, 2.45) is 0 Å². The van der Waals surface area contributed by atoms with Crippen LogP contribution in [0.5, 0.6) is 11.5 Å². The predicted octanol–water partition coefficient (Wildman–Crippen LogP) is 4.02. The number of aryl methyl sites for hydroxylation is 1. The molecule has 0 aliphatic rings. The molecule has 2 aromatic carbocycles. The first-order valence-electron chi connectivity index (χ1n) is 8.04. The van der Waals surface area contributed by atoms with Gasteiger partial charge in [0.05, 0.1) is 14.2 Å². The van der Waals surface area contributed by atoms with Gasteiger partial charge >= 0.3 is 5.97 Å². The largest absolute Gasteiger partial charge is 0.493 e. The Morgan fingerprint density at radius 1 is 1.04 bits per heavy atom. The van der Waals surface area contributed by atoms with E-state index in [4.69, 9.17) is 18.6 Å². The Morgan fingerprint density at radius 3 is 2.50 bits per heavy atom. The molecule has 0 spiro atoms. The number of nitrogens with zero attached hydrogens (tertiary/aromatic N) is 1. The van der Waals surface area contributed by atoms with Crippen LogP contribution in [0.3, 0.4) is 0 Å². The molecule has 1 aromatic heterocycles. The normalized spacial score (nSPS) is 10.4. The van der Waals surface area contributed by atoms with Gasteiger partial charge < -0.3 is 18.6 Å². The van der Waals surface area contributed by atoms with Crippen molar-refractivity contribution < 1.29 is 23.4 Å². The summed E-state index contributed by atoms with van der Waals surface area (Å²) < 4.78 is 21.5. The zero-order valence-electron chi connectivity index (χ0n) is 14.8. The molecule has 0 aliphatic heterocycles.